The molecule has 186 valence electrons. The van der Waals surface area contributed by atoms with Gasteiger partial charge in [0.2, 0.25) is 5.82 Å². The molecule has 0 spiro atoms. The zero-order chi connectivity index (χ0) is 25.7. The zero-order valence-corrected chi connectivity index (χ0v) is 19.4. The van der Waals surface area contributed by atoms with E-state index < -0.39 is 16.4 Å². The van der Waals surface area contributed by atoms with Crippen LogP contribution in [0.3, 0.4) is 0 Å². The van der Waals surface area contributed by atoms with Crippen molar-refractivity contribution in [2.75, 3.05) is 24.6 Å². The van der Waals surface area contributed by atoms with E-state index in [1.165, 1.54) is 54.9 Å². The van der Waals surface area contributed by atoms with Gasteiger partial charge in [0, 0.05) is 24.2 Å². The SMILES string of the molecule is CCOC(=O)C1CCN(c2ncnc(Oc3ccc(C(=O)c4ccc(F)cc4)cc3)c2[N+](=O)[O-])CC1. The van der Waals surface area contributed by atoms with Gasteiger partial charge in [-0.1, -0.05) is 0 Å². The highest BCUT2D eigenvalue weighted by Gasteiger charge is 2.33. The Morgan fingerprint density at radius 2 is 1.67 bits per heavy atom. The predicted octanol–water partition coefficient (Wildman–Crippen LogP) is 4.33. The van der Waals surface area contributed by atoms with E-state index in [1.54, 1.807) is 11.8 Å². The number of carbonyl (C=O) groups excluding carboxylic acids is 2. The molecule has 2 aromatic carbocycles. The number of rotatable bonds is 8. The summed E-state index contributed by atoms with van der Waals surface area (Å²) in [5.41, 5.74) is 0.280. The van der Waals surface area contributed by atoms with Gasteiger partial charge in [-0.15, -0.1) is 0 Å². The fraction of sp³-hybridized carbons (Fsp3) is 0.280. The third-order valence-corrected chi connectivity index (χ3v) is 5.80. The van der Waals surface area contributed by atoms with Gasteiger partial charge in [-0.05, 0) is 68.3 Å². The van der Waals surface area contributed by atoms with Crippen LogP contribution in [0, 0.1) is 21.8 Å². The average molecular weight is 494 g/mol. The number of piperidine rings is 1. The molecule has 0 unspecified atom stereocenters. The number of aromatic nitrogens is 2. The zero-order valence-electron chi connectivity index (χ0n) is 19.4. The van der Waals surface area contributed by atoms with Crippen LogP contribution < -0.4 is 9.64 Å². The Balaban J connectivity index is 1.51. The minimum Gasteiger partial charge on any atom is -0.466 e. The molecule has 1 aromatic heterocycles. The Morgan fingerprint density at radius 3 is 2.25 bits per heavy atom. The highest BCUT2D eigenvalue weighted by Crippen LogP contribution is 2.37. The minimum atomic E-state index is -0.603. The first-order valence-electron chi connectivity index (χ1n) is 11.4. The molecule has 1 aliphatic heterocycles. The lowest BCUT2D eigenvalue weighted by Gasteiger charge is -2.31. The topological polar surface area (TPSA) is 125 Å². The molecule has 3 aromatic rings. The number of benzene rings is 2. The van der Waals surface area contributed by atoms with Gasteiger partial charge in [0.05, 0.1) is 17.4 Å². The van der Waals surface area contributed by atoms with E-state index in [0.29, 0.717) is 43.7 Å². The van der Waals surface area contributed by atoms with E-state index in [9.17, 15) is 24.1 Å². The number of anilines is 1. The molecule has 0 saturated carbocycles. The lowest BCUT2D eigenvalue weighted by atomic mass is 9.97. The number of hydrogen-bond acceptors (Lipinski definition) is 9. The quantitative estimate of drug-likeness (QED) is 0.195. The first-order valence-corrected chi connectivity index (χ1v) is 11.4. The largest absolute Gasteiger partial charge is 0.466 e. The molecule has 36 heavy (non-hydrogen) atoms. The van der Waals surface area contributed by atoms with E-state index in [-0.39, 0.29) is 35.1 Å². The van der Waals surface area contributed by atoms with Crippen molar-refractivity contribution in [1.29, 1.82) is 0 Å². The fourth-order valence-electron chi connectivity index (χ4n) is 3.96. The normalized spacial score (nSPS) is 13.8. The summed E-state index contributed by atoms with van der Waals surface area (Å²) in [6, 6.07) is 11.2. The first kappa shape index (κ1) is 24.7. The number of hydrogen-bond donors (Lipinski definition) is 0. The van der Waals surface area contributed by atoms with Gasteiger partial charge in [-0.25, -0.2) is 9.37 Å². The monoisotopic (exact) mass is 494 g/mol. The standard InChI is InChI=1S/C25H23FN4O6/c1-2-35-25(32)18-11-13-29(14-12-18)23-21(30(33)34)24(28-15-27-23)36-20-9-5-17(6-10-20)22(31)16-3-7-19(26)8-4-16/h3-10,15,18H,2,11-14H2,1H3. The summed E-state index contributed by atoms with van der Waals surface area (Å²) < 4.78 is 23.9. The van der Waals surface area contributed by atoms with E-state index in [2.05, 4.69) is 9.97 Å². The number of nitrogens with zero attached hydrogens (tertiary/aromatic N) is 4. The molecule has 0 atom stereocenters. The predicted molar refractivity (Wildman–Crippen MR) is 127 cm³/mol. The number of nitro groups is 1. The molecule has 0 radical (unpaired) electrons. The third kappa shape index (κ3) is 5.45. The Bertz CT molecular complexity index is 1260. The summed E-state index contributed by atoms with van der Waals surface area (Å²) in [5, 5.41) is 11.9. The van der Waals surface area contributed by atoms with Crippen molar-refractivity contribution < 1.29 is 28.4 Å². The molecule has 2 heterocycles. The van der Waals surface area contributed by atoms with Gasteiger partial charge in [-0.2, -0.15) is 4.98 Å². The summed E-state index contributed by atoms with van der Waals surface area (Å²) in [7, 11) is 0. The van der Waals surface area contributed by atoms with Crippen molar-refractivity contribution in [3.63, 3.8) is 0 Å². The van der Waals surface area contributed by atoms with Gasteiger partial charge >= 0.3 is 17.5 Å². The van der Waals surface area contributed by atoms with Crippen LogP contribution in [0.15, 0.2) is 54.9 Å². The minimum absolute atomic E-state index is 0.107. The van der Waals surface area contributed by atoms with Crippen LogP contribution in [-0.2, 0) is 9.53 Å². The average Bonchev–Trinajstić information content (AvgIpc) is 2.89. The molecule has 0 N–H and O–H groups in total. The molecule has 0 aliphatic carbocycles. The van der Waals surface area contributed by atoms with Gasteiger partial charge in [-0.3, -0.25) is 19.7 Å². The lowest BCUT2D eigenvalue weighted by molar-refractivity contribution is -0.385. The second kappa shape index (κ2) is 10.9. The summed E-state index contributed by atoms with van der Waals surface area (Å²) in [5.74, 6) is -1.16. The highest BCUT2D eigenvalue weighted by molar-refractivity contribution is 6.09. The summed E-state index contributed by atoms with van der Waals surface area (Å²) in [6.07, 6.45) is 2.15. The van der Waals surface area contributed by atoms with Gasteiger partial charge in [0.15, 0.2) is 5.78 Å². The van der Waals surface area contributed by atoms with Crippen LogP contribution in [-0.4, -0.2) is 46.3 Å². The van der Waals surface area contributed by atoms with Crippen molar-refractivity contribution in [1.82, 2.24) is 9.97 Å². The van der Waals surface area contributed by atoms with Crippen LogP contribution in [0.5, 0.6) is 11.6 Å². The Hall–Kier alpha value is -4.41. The van der Waals surface area contributed by atoms with Gasteiger partial charge < -0.3 is 14.4 Å². The maximum atomic E-state index is 13.1. The van der Waals surface area contributed by atoms with Crippen LogP contribution in [0.1, 0.15) is 35.7 Å². The molecule has 4 rings (SSSR count). The third-order valence-electron chi connectivity index (χ3n) is 5.80. The van der Waals surface area contributed by atoms with Gasteiger partial charge in [0.1, 0.15) is 17.9 Å². The van der Waals surface area contributed by atoms with Crippen molar-refractivity contribution in [3.8, 4) is 11.6 Å². The molecular formula is C25H23FN4O6. The van der Waals surface area contributed by atoms with E-state index in [1.807, 2.05) is 0 Å². The second-order valence-corrected chi connectivity index (χ2v) is 8.08. The number of esters is 1. The van der Waals surface area contributed by atoms with Crippen molar-refractivity contribution in [3.05, 3.63) is 81.9 Å². The molecule has 0 amide bonds. The van der Waals surface area contributed by atoms with Crippen LogP contribution in [0.2, 0.25) is 0 Å². The Morgan fingerprint density at radius 1 is 1.06 bits per heavy atom. The molecule has 1 aliphatic rings. The number of ketones is 1. The van der Waals surface area contributed by atoms with E-state index >= 15 is 0 Å². The fourth-order valence-corrected chi connectivity index (χ4v) is 3.96. The summed E-state index contributed by atoms with van der Waals surface area (Å²) in [6.45, 7) is 2.83. The maximum absolute atomic E-state index is 13.1. The summed E-state index contributed by atoms with van der Waals surface area (Å²) in [4.78, 5) is 45.7. The number of halogens is 1. The number of ether oxygens (including phenoxy) is 2. The van der Waals surface area contributed by atoms with Crippen LogP contribution >= 0.6 is 0 Å². The molecule has 1 fully saturated rings. The molecule has 10 nitrogen and oxygen atoms in total. The Kier molecular flexibility index (Phi) is 7.47. The van der Waals surface area contributed by atoms with Crippen LogP contribution in [0.25, 0.3) is 0 Å². The smallest absolute Gasteiger partial charge is 0.373 e. The van der Waals surface area contributed by atoms with Crippen molar-refractivity contribution >= 4 is 23.3 Å². The van der Waals surface area contributed by atoms with Gasteiger partial charge in [0.25, 0.3) is 0 Å². The second-order valence-electron chi connectivity index (χ2n) is 8.08. The van der Waals surface area contributed by atoms with Crippen molar-refractivity contribution in [2.45, 2.75) is 19.8 Å². The molecule has 1 saturated heterocycles. The summed E-state index contributed by atoms with van der Waals surface area (Å²) >= 11 is 0. The Labute approximate surface area is 205 Å². The van der Waals surface area contributed by atoms with E-state index in [0.717, 1.165) is 0 Å². The molecule has 11 heteroatoms. The lowest BCUT2D eigenvalue weighted by Crippen LogP contribution is -2.37. The maximum Gasteiger partial charge on any atom is 0.373 e. The van der Waals surface area contributed by atoms with E-state index in [4.69, 9.17) is 9.47 Å². The number of carbonyl (C=O) groups is 2. The molecular weight excluding hydrogens is 471 g/mol. The molecule has 0 bridgehead atoms. The highest BCUT2D eigenvalue weighted by atomic mass is 19.1. The van der Waals surface area contributed by atoms with Crippen LogP contribution in [0.4, 0.5) is 15.9 Å². The van der Waals surface area contributed by atoms with Crippen molar-refractivity contribution in [2.24, 2.45) is 5.92 Å². The first-order chi connectivity index (χ1) is 17.4.